The van der Waals surface area contributed by atoms with Crippen LogP contribution in [0.25, 0.3) is 10.9 Å². The third kappa shape index (κ3) is 5.21. The highest BCUT2D eigenvalue weighted by Crippen LogP contribution is 2.27. The minimum Gasteiger partial charge on any atom is -0.360 e. The van der Waals surface area contributed by atoms with E-state index in [9.17, 15) is 9.59 Å². The van der Waals surface area contributed by atoms with Gasteiger partial charge in [0.25, 0.3) is 11.8 Å². The molecule has 2 N–H and O–H groups in total. The summed E-state index contributed by atoms with van der Waals surface area (Å²) in [5, 5.41) is 4.97. The average Bonchev–Trinajstić information content (AvgIpc) is 3.28. The number of hydrogen-bond donors (Lipinski definition) is 2. The van der Waals surface area contributed by atoms with Gasteiger partial charge in [0.05, 0.1) is 5.56 Å². The number of benzene rings is 3. The van der Waals surface area contributed by atoms with Gasteiger partial charge in [0.15, 0.2) is 0 Å². The molecule has 5 nitrogen and oxygen atoms in total. The van der Waals surface area contributed by atoms with Crippen LogP contribution in [0, 0.1) is 0 Å². The quantitative estimate of drug-likeness (QED) is 0.343. The fourth-order valence-electron chi connectivity index (χ4n) is 4.89. The van der Waals surface area contributed by atoms with E-state index in [1.807, 2.05) is 47.4 Å². The second-order valence-corrected chi connectivity index (χ2v) is 9.82. The third-order valence-electron chi connectivity index (χ3n) is 6.57. The van der Waals surface area contributed by atoms with Gasteiger partial charge in [-0.3, -0.25) is 9.59 Å². The van der Waals surface area contributed by atoms with E-state index in [0.29, 0.717) is 47.0 Å². The van der Waals surface area contributed by atoms with Crippen molar-refractivity contribution in [3.63, 3.8) is 0 Å². The molecule has 0 aliphatic carbocycles. The second kappa shape index (κ2) is 10.1. The maximum atomic E-state index is 13.5. The van der Waals surface area contributed by atoms with Gasteiger partial charge < -0.3 is 15.2 Å². The van der Waals surface area contributed by atoms with E-state index in [1.165, 1.54) is 0 Å². The number of nitrogens with zero attached hydrogens (tertiary/aromatic N) is 1. The molecule has 0 radical (unpaired) electrons. The predicted octanol–water partition coefficient (Wildman–Crippen LogP) is 6.12. The zero-order valence-corrected chi connectivity index (χ0v) is 20.5. The maximum Gasteiger partial charge on any atom is 0.254 e. The first-order valence-electron chi connectivity index (χ1n) is 11.7. The summed E-state index contributed by atoms with van der Waals surface area (Å²) in [7, 11) is 0. The molecular weight excluding hydrogens is 481 g/mol. The van der Waals surface area contributed by atoms with Crippen LogP contribution in [-0.4, -0.2) is 40.3 Å². The highest BCUT2D eigenvalue weighted by molar-refractivity contribution is 6.35. The first-order valence-corrected chi connectivity index (χ1v) is 12.4. The van der Waals surface area contributed by atoms with Gasteiger partial charge >= 0.3 is 0 Å². The van der Waals surface area contributed by atoms with Gasteiger partial charge in [0, 0.05) is 51.3 Å². The molecule has 5 rings (SSSR count). The Morgan fingerprint density at radius 3 is 2.46 bits per heavy atom. The van der Waals surface area contributed by atoms with Crippen LogP contribution in [0.2, 0.25) is 10.0 Å². The van der Waals surface area contributed by atoms with Crippen molar-refractivity contribution >= 4 is 45.9 Å². The number of halogens is 2. The summed E-state index contributed by atoms with van der Waals surface area (Å²) in [5.74, 6) is -0.205. The largest absolute Gasteiger partial charge is 0.360 e. The fraction of sp³-hybridized carbons (Fsp3) is 0.214. The predicted molar refractivity (Wildman–Crippen MR) is 140 cm³/mol. The molecule has 1 saturated heterocycles. The van der Waals surface area contributed by atoms with E-state index < -0.39 is 0 Å². The van der Waals surface area contributed by atoms with Crippen LogP contribution in [0.5, 0.6) is 0 Å². The molecule has 4 aromatic rings. The highest BCUT2D eigenvalue weighted by Gasteiger charge is 2.33. The van der Waals surface area contributed by atoms with Gasteiger partial charge in [0.2, 0.25) is 0 Å². The molecule has 3 aromatic carbocycles. The Labute approximate surface area is 214 Å². The van der Waals surface area contributed by atoms with Gasteiger partial charge in [0.1, 0.15) is 0 Å². The van der Waals surface area contributed by atoms with E-state index in [2.05, 4.69) is 22.4 Å². The van der Waals surface area contributed by atoms with E-state index in [0.717, 1.165) is 16.5 Å². The Morgan fingerprint density at radius 2 is 1.69 bits per heavy atom. The normalized spacial score (nSPS) is 17.9. The number of aromatic nitrogens is 1. The van der Waals surface area contributed by atoms with Crippen LogP contribution in [0.15, 0.2) is 79.0 Å². The number of carbonyl (C=O) groups is 2. The molecule has 2 amide bonds. The maximum absolute atomic E-state index is 13.5. The molecule has 0 saturated carbocycles. The van der Waals surface area contributed by atoms with Crippen molar-refractivity contribution in [1.82, 2.24) is 15.2 Å². The van der Waals surface area contributed by atoms with Crippen molar-refractivity contribution in [3.8, 4) is 0 Å². The van der Waals surface area contributed by atoms with Crippen molar-refractivity contribution in [2.75, 3.05) is 6.54 Å². The summed E-state index contributed by atoms with van der Waals surface area (Å²) in [6.45, 7) is 0.527. The van der Waals surface area contributed by atoms with Crippen LogP contribution in [0.4, 0.5) is 0 Å². The van der Waals surface area contributed by atoms with Crippen molar-refractivity contribution < 1.29 is 9.59 Å². The molecule has 1 aromatic heterocycles. The number of piperidine rings is 1. The molecule has 7 heteroatoms. The van der Waals surface area contributed by atoms with Crippen molar-refractivity contribution in [1.29, 1.82) is 0 Å². The number of hydrogen-bond acceptors (Lipinski definition) is 2. The standard InChI is InChI=1S/C28H25Cl2N3O2/c29-20-13-19(14-21(30)15-20)28(35)33-11-10-22(16-23(33)12-18-6-2-1-3-7-18)32-27(34)25-17-31-26-9-5-4-8-24(25)26/h1-9,13-15,17,22-23,31H,10-12,16H2,(H,32,34). The number of nitrogens with one attached hydrogen (secondary N) is 2. The lowest BCUT2D eigenvalue weighted by molar-refractivity contribution is 0.0571. The minimum absolute atomic E-state index is 0.0446. The first-order chi connectivity index (χ1) is 17.0. The van der Waals surface area contributed by atoms with Crippen LogP contribution in [0.3, 0.4) is 0 Å². The van der Waals surface area contributed by atoms with Crippen LogP contribution in [-0.2, 0) is 6.42 Å². The van der Waals surface area contributed by atoms with Crippen LogP contribution >= 0.6 is 23.2 Å². The number of H-pyrrole nitrogens is 1. The summed E-state index contributed by atoms with van der Waals surface area (Å²) in [6.07, 6.45) is 3.77. The Balaban J connectivity index is 1.36. The topological polar surface area (TPSA) is 65.2 Å². The molecule has 1 aliphatic rings. The Bertz CT molecular complexity index is 1350. The molecule has 0 bridgehead atoms. The SMILES string of the molecule is O=C(NC1CCN(C(=O)c2cc(Cl)cc(Cl)c2)C(Cc2ccccc2)C1)c1c[nH]c2ccccc12. The van der Waals surface area contributed by atoms with Gasteiger partial charge in [-0.2, -0.15) is 0 Å². The summed E-state index contributed by atoms with van der Waals surface area (Å²) in [5.41, 5.74) is 3.18. The molecule has 0 spiro atoms. The molecule has 1 aliphatic heterocycles. The van der Waals surface area contributed by atoms with Gasteiger partial charge in [-0.05, 0) is 49.1 Å². The average molecular weight is 506 g/mol. The highest BCUT2D eigenvalue weighted by atomic mass is 35.5. The monoisotopic (exact) mass is 505 g/mol. The summed E-state index contributed by atoms with van der Waals surface area (Å²) < 4.78 is 0. The molecular formula is C28H25Cl2N3O2. The number of carbonyl (C=O) groups excluding carboxylic acids is 2. The zero-order valence-electron chi connectivity index (χ0n) is 19.0. The van der Waals surface area contributed by atoms with Crippen molar-refractivity contribution in [3.05, 3.63) is 106 Å². The molecule has 178 valence electrons. The first kappa shape index (κ1) is 23.5. The van der Waals surface area contributed by atoms with Crippen molar-refractivity contribution in [2.45, 2.75) is 31.3 Å². The Kier molecular flexibility index (Phi) is 6.80. The summed E-state index contributed by atoms with van der Waals surface area (Å²) in [4.78, 5) is 31.7. The minimum atomic E-state index is -0.104. The molecule has 1 fully saturated rings. The zero-order chi connectivity index (χ0) is 24.4. The van der Waals surface area contributed by atoms with Crippen LogP contribution in [0.1, 0.15) is 39.1 Å². The lowest BCUT2D eigenvalue weighted by atomic mass is 9.91. The number of rotatable bonds is 5. The second-order valence-electron chi connectivity index (χ2n) is 8.94. The van der Waals surface area contributed by atoms with Gasteiger partial charge in [-0.1, -0.05) is 71.7 Å². The van der Waals surface area contributed by atoms with Crippen molar-refractivity contribution in [2.24, 2.45) is 0 Å². The Morgan fingerprint density at radius 1 is 0.971 bits per heavy atom. The number of amides is 2. The lowest BCUT2D eigenvalue weighted by Crippen LogP contribution is -2.52. The smallest absolute Gasteiger partial charge is 0.254 e. The lowest BCUT2D eigenvalue weighted by Gasteiger charge is -2.40. The van der Waals surface area contributed by atoms with E-state index in [1.54, 1.807) is 24.4 Å². The molecule has 2 heterocycles. The Hall–Kier alpha value is -3.28. The number of fused-ring (bicyclic) bond motifs is 1. The summed E-state index contributed by atoms with van der Waals surface area (Å²) in [6, 6.07) is 22.7. The number of likely N-dealkylation sites (tertiary alicyclic amines) is 1. The number of para-hydroxylation sites is 1. The summed E-state index contributed by atoms with van der Waals surface area (Å²) >= 11 is 12.3. The molecule has 2 unspecified atom stereocenters. The third-order valence-corrected chi connectivity index (χ3v) is 7.01. The number of aromatic amines is 1. The van der Waals surface area contributed by atoms with Crippen LogP contribution < -0.4 is 5.32 Å². The fourth-order valence-corrected chi connectivity index (χ4v) is 5.42. The van der Waals surface area contributed by atoms with Gasteiger partial charge in [-0.15, -0.1) is 0 Å². The van der Waals surface area contributed by atoms with E-state index >= 15 is 0 Å². The van der Waals surface area contributed by atoms with E-state index in [-0.39, 0.29) is 23.9 Å². The molecule has 35 heavy (non-hydrogen) atoms. The molecule has 2 atom stereocenters. The van der Waals surface area contributed by atoms with E-state index in [4.69, 9.17) is 23.2 Å². The van der Waals surface area contributed by atoms with Gasteiger partial charge in [-0.25, -0.2) is 0 Å².